The molecule has 0 spiro atoms. The topological polar surface area (TPSA) is 29.5 Å². The van der Waals surface area contributed by atoms with E-state index in [0.717, 1.165) is 32.5 Å². The first-order valence-electron chi connectivity index (χ1n) is 8.31. The maximum absolute atomic E-state index is 13.3. The van der Waals surface area contributed by atoms with Crippen molar-refractivity contribution in [2.24, 2.45) is 5.41 Å². The zero-order valence-corrected chi connectivity index (χ0v) is 14.2. The second-order valence-electron chi connectivity index (χ2n) is 7.59. The summed E-state index contributed by atoms with van der Waals surface area (Å²) in [5.74, 6) is 0.285. The molecule has 2 fully saturated rings. The predicted octanol–water partition coefficient (Wildman–Crippen LogP) is 3.30. The third-order valence-electron chi connectivity index (χ3n) is 5.71. The van der Waals surface area contributed by atoms with E-state index in [2.05, 4.69) is 45.0 Å². The van der Waals surface area contributed by atoms with Gasteiger partial charge >= 0.3 is 0 Å². The highest BCUT2D eigenvalue weighted by Crippen LogP contribution is 2.65. The number of amides is 1. The number of hydrogen-bond donors (Lipinski definition) is 0. The molecule has 1 aliphatic heterocycles. The molecule has 3 heteroatoms. The summed E-state index contributed by atoms with van der Waals surface area (Å²) >= 11 is 0. The van der Waals surface area contributed by atoms with Crippen LogP contribution in [0.4, 0.5) is 0 Å². The Morgan fingerprint density at radius 2 is 1.73 bits per heavy atom. The normalized spacial score (nSPS) is 27.5. The molecule has 0 N–H and O–H groups in total. The van der Waals surface area contributed by atoms with E-state index in [4.69, 9.17) is 4.74 Å². The molecule has 1 aromatic rings. The molecule has 0 radical (unpaired) electrons. The van der Waals surface area contributed by atoms with Crippen LogP contribution in [0.3, 0.4) is 0 Å². The SMILES string of the molecule is Cc1ccc(C2(C(=O)N(C)C3CCOCC3)CC2(C)C)cc1. The second-order valence-corrected chi connectivity index (χ2v) is 7.59. The maximum Gasteiger partial charge on any atom is 0.233 e. The van der Waals surface area contributed by atoms with E-state index < -0.39 is 0 Å². The smallest absolute Gasteiger partial charge is 0.233 e. The van der Waals surface area contributed by atoms with Crippen molar-refractivity contribution in [2.75, 3.05) is 20.3 Å². The lowest BCUT2D eigenvalue weighted by molar-refractivity contribution is -0.137. The Kier molecular flexibility index (Phi) is 3.80. The van der Waals surface area contributed by atoms with Gasteiger partial charge in [0.1, 0.15) is 0 Å². The Bertz CT molecular complexity index is 557. The highest BCUT2D eigenvalue weighted by atomic mass is 16.5. The molecule has 1 aliphatic carbocycles. The molecule has 2 aliphatic rings. The number of rotatable bonds is 3. The van der Waals surface area contributed by atoms with E-state index in [9.17, 15) is 4.79 Å². The molecule has 1 aromatic carbocycles. The summed E-state index contributed by atoms with van der Waals surface area (Å²) in [6.45, 7) is 8.04. The largest absolute Gasteiger partial charge is 0.381 e. The molecule has 1 amide bonds. The van der Waals surface area contributed by atoms with Crippen molar-refractivity contribution in [3.63, 3.8) is 0 Å². The van der Waals surface area contributed by atoms with E-state index in [-0.39, 0.29) is 16.7 Å². The van der Waals surface area contributed by atoms with Gasteiger partial charge in [0.25, 0.3) is 0 Å². The Labute approximate surface area is 133 Å². The Morgan fingerprint density at radius 3 is 2.23 bits per heavy atom. The lowest BCUT2D eigenvalue weighted by atomic mass is 9.85. The molecule has 1 heterocycles. The third kappa shape index (κ3) is 2.36. The highest BCUT2D eigenvalue weighted by molar-refractivity contribution is 5.93. The number of aryl methyl sites for hydroxylation is 1. The van der Waals surface area contributed by atoms with Gasteiger partial charge in [0.05, 0.1) is 5.41 Å². The van der Waals surface area contributed by atoms with Crippen molar-refractivity contribution in [1.29, 1.82) is 0 Å². The van der Waals surface area contributed by atoms with Gasteiger partial charge in [0, 0.05) is 26.3 Å². The van der Waals surface area contributed by atoms with E-state index in [1.807, 2.05) is 11.9 Å². The lowest BCUT2D eigenvalue weighted by Gasteiger charge is -2.35. The van der Waals surface area contributed by atoms with Crippen LogP contribution in [0.5, 0.6) is 0 Å². The fraction of sp³-hybridized carbons (Fsp3) is 0.632. The van der Waals surface area contributed by atoms with Gasteiger partial charge in [-0.2, -0.15) is 0 Å². The van der Waals surface area contributed by atoms with Gasteiger partial charge in [-0.1, -0.05) is 43.7 Å². The van der Waals surface area contributed by atoms with E-state index in [1.165, 1.54) is 11.1 Å². The van der Waals surface area contributed by atoms with Crippen molar-refractivity contribution in [2.45, 2.75) is 51.5 Å². The molecule has 0 bridgehead atoms. The molecule has 1 saturated heterocycles. The Hall–Kier alpha value is -1.35. The fourth-order valence-corrected chi connectivity index (χ4v) is 3.98. The molecule has 1 unspecified atom stereocenters. The molecule has 1 atom stereocenters. The van der Waals surface area contributed by atoms with Gasteiger partial charge in [0.15, 0.2) is 0 Å². The van der Waals surface area contributed by atoms with Gasteiger partial charge < -0.3 is 9.64 Å². The minimum atomic E-state index is -0.340. The van der Waals surface area contributed by atoms with Crippen molar-refractivity contribution in [3.8, 4) is 0 Å². The van der Waals surface area contributed by atoms with Gasteiger partial charge in [-0.25, -0.2) is 0 Å². The van der Waals surface area contributed by atoms with Crippen LogP contribution in [0.25, 0.3) is 0 Å². The molecule has 0 aromatic heterocycles. The second kappa shape index (κ2) is 5.38. The number of hydrogen-bond acceptors (Lipinski definition) is 2. The van der Waals surface area contributed by atoms with Crippen LogP contribution >= 0.6 is 0 Å². The Morgan fingerprint density at radius 1 is 1.18 bits per heavy atom. The van der Waals surface area contributed by atoms with Crippen LogP contribution in [0, 0.1) is 12.3 Å². The number of carbonyl (C=O) groups is 1. The summed E-state index contributed by atoms with van der Waals surface area (Å²) in [7, 11) is 1.97. The number of benzene rings is 1. The van der Waals surface area contributed by atoms with Crippen LogP contribution in [0.1, 0.15) is 44.2 Å². The number of carbonyl (C=O) groups excluding carboxylic acids is 1. The Balaban J connectivity index is 1.88. The zero-order valence-electron chi connectivity index (χ0n) is 14.2. The zero-order chi connectivity index (χ0) is 16.0. The first kappa shape index (κ1) is 15.5. The average molecular weight is 301 g/mol. The molecule has 22 heavy (non-hydrogen) atoms. The molecule has 3 rings (SSSR count). The summed E-state index contributed by atoms with van der Waals surface area (Å²) in [4.78, 5) is 15.3. The van der Waals surface area contributed by atoms with Crippen LogP contribution in [0.15, 0.2) is 24.3 Å². The van der Waals surface area contributed by atoms with Crippen molar-refractivity contribution in [1.82, 2.24) is 4.90 Å². The van der Waals surface area contributed by atoms with E-state index in [1.54, 1.807) is 0 Å². The fourth-order valence-electron chi connectivity index (χ4n) is 3.98. The van der Waals surface area contributed by atoms with Crippen molar-refractivity contribution in [3.05, 3.63) is 35.4 Å². The molecule has 3 nitrogen and oxygen atoms in total. The van der Waals surface area contributed by atoms with E-state index in [0.29, 0.717) is 6.04 Å². The van der Waals surface area contributed by atoms with Crippen LogP contribution in [-0.2, 0) is 14.9 Å². The number of likely N-dealkylation sites (N-methyl/N-ethyl adjacent to an activating group) is 1. The third-order valence-corrected chi connectivity index (χ3v) is 5.71. The quantitative estimate of drug-likeness (QED) is 0.857. The minimum Gasteiger partial charge on any atom is -0.381 e. The molecular formula is C19H27NO2. The summed E-state index contributed by atoms with van der Waals surface area (Å²) in [5.41, 5.74) is 2.11. The summed E-state index contributed by atoms with van der Waals surface area (Å²) < 4.78 is 5.43. The first-order valence-corrected chi connectivity index (χ1v) is 8.31. The first-order chi connectivity index (χ1) is 10.4. The van der Waals surface area contributed by atoms with Gasteiger partial charge in [-0.05, 0) is 37.2 Å². The van der Waals surface area contributed by atoms with Crippen LogP contribution in [0.2, 0.25) is 0 Å². The van der Waals surface area contributed by atoms with Crippen LogP contribution in [-0.4, -0.2) is 37.1 Å². The number of nitrogens with zero attached hydrogens (tertiary/aromatic N) is 1. The minimum absolute atomic E-state index is 0.0404. The van der Waals surface area contributed by atoms with Crippen LogP contribution < -0.4 is 0 Å². The van der Waals surface area contributed by atoms with E-state index >= 15 is 0 Å². The summed E-state index contributed by atoms with van der Waals surface area (Å²) in [6.07, 6.45) is 2.84. The number of ether oxygens (including phenoxy) is 1. The summed E-state index contributed by atoms with van der Waals surface area (Å²) in [5, 5.41) is 0. The van der Waals surface area contributed by atoms with Crippen molar-refractivity contribution < 1.29 is 9.53 Å². The molecule has 120 valence electrons. The van der Waals surface area contributed by atoms with Gasteiger partial charge in [0.2, 0.25) is 5.91 Å². The monoisotopic (exact) mass is 301 g/mol. The lowest BCUT2D eigenvalue weighted by Crippen LogP contribution is -2.46. The van der Waals surface area contributed by atoms with Crippen molar-refractivity contribution >= 4 is 5.91 Å². The predicted molar refractivity (Wildman–Crippen MR) is 87.9 cm³/mol. The summed E-state index contributed by atoms with van der Waals surface area (Å²) in [6, 6.07) is 8.83. The average Bonchev–Trinajstić information content (AvgIpc) is 3.11. The molecule has 1 saturated carbocycles. The maximum atomic E-state index is 13.3. The highest BCUT2D eigenvalue weighted by Gasteiger charge is 2.68. The van der Waals surface area contributed by atoms with Gasteiger partial charge in [-0.15, -0.1) is 0 Å². The van der Waals surface area contributed by atoms with Gasteiger partial charge in [-0.3, -0.25) is 4.79 Å². The standard InChI is InChI=1S/C19H27NO2/c1-14-5-7-15(8-6-14)19(13-18(19,2)3)17(21)20(4)16-9-11-22-12-10-16/h5-8,16H,9-13H2,1-4H3. The molecular weight excluding hydrogens is 274 g/mol.